The van der Waals surface area contributed by atoms with Crippen molar-refractivity contribution in [2.45, 2.75) is 76.7 Å². The Morgan fingerprint density at radius 3 is 2.69 bits per heavy atom. The van der Waals surface area contributed by atoms with Crippen molar-refractivity contribution in [3.8, 4) is 0 Å². The molecule has 0 bridgehead atoms. The van der Waals surface area contributed by atoms with Crippen molar-refractivity contribution in [1.29, 1.82) is 0 Å². The predicted molar refractivity (Wildman–Crippen MR) is 100 cm³/mol. The second-order valence-corrected chi connectivity index (χ2v) is 7.18. The lowest BCUT2D eigenvalue weighted by atomic mass is 9.89. The molecule has 0 aromatic heterocycles. The summed E-state index contributed by atoms with van der Waals surface area (Å²) in [6, 6.07) is 0. The molecule has 26 heavy (non-hydrogen) atoms. The van der Waals surface area contributed by atoms with Gasteiger partial charge in [0.15, 0.2) is 0 Å². The predicted octanol–water partition coefficient (Wildman–Crippen LogP) is 5.51. The average Bonchev–Trinajstić information content (AvgIpc) is 2.82. The number of unbranched alkanes of at least 4 members (excludes halogenated alkanes) is 3. The van der Waals surface area contributed by atoms with Crippen molar-refractivity contribution in [2.75, 3.05) is 0 Å². The van der Waals surface area contributed by atoms with Gasteiger partial charge in [0, 0.05) is 18.8 Å². The Kier molecular flexibility index (Phi) is 9.78. The number of halogens is 2. The fraction of sp³-hybridized carbons (Fsp3) is 0.667. The van der Waals surface area contributed by atoms with Gasteiger partial charge in [-0.1, -0.05) is 50.1 Å². The number of aliphatic carboxylic acids is 1. The van der Waals surface area contributed by atoms with Crippen LogP contribution in [0.5, 0.6) is 0 Å². The molecular formula is C21H32F2O3. The van der Waals surface area contributed by atoms with Crippen molar-refractivity contribution in [3.05, 3.63) is 36.5 Å². The van der Waals surface area contributed by atoms with Crippen LogP contribution in [0.15, 0.2) is 36.5 Å². The number of alkyl halides is 2. The van der Waals surface area contributed by atoms with Gasteiger partial charge in [0.1, 0.15) is 0 Å². The number of carboxylic acid groups (broad SMARTS) is 1. The highest BCUT2D eigenvalue weighted by atomic mass is 19.3. The van der Waals surface area contributed by atoms with Crippen LogP contribution in [0.3, 0.4) is 0 Å². The Morgan fingerprint density at radius 2 is 2.04 bits per heavy atom. The summed E-state index contributed by atoms with van der Waals surface area (Å²) in [6.07, 6.45) is 10.1. The minimum Gasteiger partial charge on any atom is -0.481 e. The lowest BCUT2D eigenvalue weighted by Crippen LogP contribution is -2.19. The molecule has 148 valence electrons. The molecule has 1 saturated carbocycles. The monoisotopic (exact) mass is 370 g/mol. The van der Waals surface area contributed by atoms with Gasteiger partial charge in [-0.25, -0.2) is 8.78 Å². The molecule has 1 fully saturated rings. The topological polar surface area (TPSA) is 57.5 Å². The number of hydrogen-bond donors (Lipinski definition) is 2. The van der Waals surface area contributed by atoms with E-state index >= 15 is 0 Å². The van der Waals surface area contributed by atoms with Crippen molar-refractivity contribution in [1.82, 2.24) is 0 Å². The maximum Gasteiger partial charge on any atom is 0.303 e. The number of aliphatic hydroxyl groups is 1. The quantitative estimate of drug-likeness (QED) is 0.352. The molecule has 0 aromatic carbocycles. The zero-order valence-corrected chi connectivity index (χ0v) is 15.7. The van der Waals surface area contributed by atoms with Gasteiger partial charge in [0.05, 0.1) is 6.10 Å². The number of carbonyl (C=O) groups is 1. The van der Waals surface area contributed by atoms with E-state index in [1.807, 2.05) is 19.1 Å². The summed E-state index contributed by atoms with van der Waals surface area (Å²) >= 11 is 0. The van der Waals surface area contributed by atoms with Gasteiger partial charge in [0.2, 0.25) is 0 Å². The Labute approximate surface area is 155 Å². The number of allylic oxidation sites excluding steroid dienone is 3. The summed E-state index contributed by atoms with van der Waals surface area (Å²) in [5, 5.41) is 18.8. The van der Waals surface area contributed by atoms with E-state index < -0.39 is 18.0 Å². The number of hydrogen-bond acceptors (Lipinski definition) is 2. The molecule has 1 aliphatic rings. The Morgan fingerprint density at radius 1 is 1.31 bits per heavy atom. The van der Waals surface area contributed by atoms with Gasteiger partial charge in [-0.15, -0.1) is 0 Å². The average molecular weight is 370 g/mol. The normalized spacial score (nSPS) is 24.2. The van der Waals surface area contributed by atoms with Crippen molar-refractivity contribution in [3.63, 3.8) is 0 Å². The van der Waals surface area contributed by atoms with Gasteiger partial charge < -0.3 is 10.2 Å². The first-order valence-corrected chi connectivity index (χ1v) is 9.56. The summed E-state index contributed by atoms with van der Waals surface area (Å²) in [5.74, 6) is -4.04. The molecule has 3 atom stereocenters. The van der Waals surface area contributed by atoms with E-state index in [0.29, 0.717) is 32.1 Å². The lowest BCUT2D eigenvalue weighted by Gasteiger charge is -2.19. The van der Waals surface area contributed by atoms with Crippen LogP contribution >= 0.6 is 0 Å². The zero-order valence-electron chi connectivity index (χ0n) is 15.7. The second-order valence-electron chi connectivity index (χ2n) is 7.18. The molecule has 3 nitrogen and oxygen atoms in total. The Bertz CT molecular complexity index is 511. The zero-order chi connectivity index (χ0) is 19.6. The number of rotatable bonds is 12. The highest BCUT2D eigenvalue weighted by Crippen LogP contribution is 2.40. The van der Waals surface area contributed by atoms with E-state index in [0.717, 1.165) is 24.5 Å². The summed E-state index contributed by atoms with van der Waals surface area (Å²) < 4.78 is 27.9. The van der Waals surface area contributed by atoms with Crippen LogP contribution in [-0.2, 0) is 4.79 Å². The minimum atomic E-state index is -2.84. The molecule has 0 aliphatic heterocycles. The summed E-state index contributed by atoms with van der Waals surface area (Å²) in [5.41, 5.74) is 0.886. The third-order valence-electron chi connectivity index (χ3n) is 4.90. The molecule has 0 saturated heterocycles. The van der Waals surface area contributed by atoms with Gasteiger partial charge in [-0.2, -0.15) is 0 Å². The van der Waals surface area contributed by atoms with E-state index in [-0.39, 0.29) is 24.7 Å². The van der Waals surface area contributed by atoms with Crippen LogP contribution in [0.2, 0.25) is 0 Å². The largest absolute Gasteiger partial charge is 0.481 e. The standard InChI is InChI=1S/C21H32F2O3/c1-3-4-9-13-21(22,23)14-12-18-17(16(2)15-19(18)24)10-7-5-6-8-11-20(25)26/h5,7,12,14,17-19,24H,2-4,6,8-11,13,15H2,1H3,(H,25,26)/t17-,18+,19+/m0/s1. The first-order valence-electron chi connectivity index (χ1n) is 9.56. The SMILES string of the molecule is C=C1C[C@@H](O)[C@H](C=CC(F)(F)CCCCC)[C@H]1CC=CCCCC(=O)O. The van der Waals surface area contributed by atoms with Crippen LogP contribution in [0, 0.1) is 11.8 Å². The van der Waals surface area contributed by atoms with E-state index in [2.05, 4.69) is 6.58 Å². The Balaban J connectivity index is 2.58. The third kappa shape index (κ3) is 8.26. The molecule has 0 unspecified atom stereocenters. The lowest BCUT2D eigenvalue weighted by molar-refractivity contribution is -0.137. The molecule has 0 aromatic rings. The second kappa shape index (κ2) is 11.3. The van der Waals surface area contributed by atoms with Gasteiger partial charge in [-0.3, -0.25) is 4.79 Å². The fourth-order valence-electron chi connectivity index (χ4n) is 3.36. The van der Waals surface area contributed by atoms with Crippen LogP contribution in [0.25, 0.3) is 0 Å². The van der Waals surface area contributed by atoms with E-state index in [4.69, 9.17) is 5.11 Å². The van der Waals surface area contributed by atoms with Crippen molar-refractivity contribution < 1.29 is 23.8 Å². The number of carboxylic acids is 1. The van der Waals surface area contributed by atoms with Crippen molar-refractivity contribution >= 4 is 5.97 Å². The van der Waals surface area contributed by atoms with E-state index in [9.17, 15) is 18.7 Å². The fourth-order valence-corrected chi connectivity index (χ4v) is 3.36. The minimum absolute atomic E-state index is 0.0524. The van der Waals surface area contributed by atoms with E-state index in [1.54, 1.807) is 0 Å². The summed E-state index contributed by atoms with van der Waals surface area (Å²) in [4.78, 5) is 10.5. The third-order valence-corrected chi connectivity index (χ3v) is 4.90. The summed E-state index contributed by atoms with van der Waals surface area (Å²) in [6.45, 7) is 5.97. The molecule has 0 amide bonds. The van der Waals surface area contributed by atoms with Crippen LogP contribution in [0.1, 0.15) is 64.7 Å². The molecule has 0 spiro atoms. The Hall–Kier alpha value is -1.49. The molecule has 0 radical (unpaired) electrons. The maximum absolute atomic E-state index is 14.0. The molecular weight excluding hydrogens is 338 g/mol. The first kappa shape index (κ1) is 22.6. The van der Waals surface area contributed by atoms with Crippen molar-refractivity contribution in [2.24, 2.45) is 11.8 Å². The summed E-state index contributed by atoms with van der Waals surface area (Å²) in [7, 11) is 0. The maximum atomic E-state index is 14.0. The first-order chi connectivity index (χ1) is 12.3. The van der Waals surface area contributed by atoms with Gasteiger partial charge in [0.25, 0.3) is 5.92 Å². The molecule has 0 heterocycles. The molecule has 1 aliphatic carbocycles. The van der Waals surface area contributed by atoms with Crippen LogP contribution in [-0.4, -0.2) is 28.2 Å². The van der Waals surface area contributed by atoms with E-state index in [1.165, 1.54) is 6.08 Å². The van der Waals surface area contributed by atoms with Crippen LogP contribution < -0.4 is 0 Å². The molecule has 1 rings (SSSR count). The van der Waals surface area contributed by atoms with Crippen LogP contribution in [0.4, 0.5) is 8.78 Å². The molecule has 2 N–H and O–H groups in total. The highest BCUT2D eigenvalue weighted by molar-refractivity contribution is 5.66. The smallest absolute Gasteiger partial charge is 0.303 e. The highest BCUT2D eigenvalue weighted by Gasteiger charge is 2.36. The van der Waals surface area contributed by atoms with Gasteiger partial charge in [-0.05, 0) is 44.1 Å². The van der Waals surface area contributed by atoms with Gasteiger partial charge >= 0.3 is 5.97 Å². The number of aliphatic hydroxyl groups excluding tert-OH is 1. The molecule has 5 heteroatoms.